The van der Waals surface area contributed by atoms with Gasteiger partial charge >= 0.3 is 0 Å². The first kappa shape index (κ1) is 26.4. The maximum Gasteiger partial charge on any atom is 0.247 e. The van der Waals surface area contributed by atoms with Gasteiger partial charge in [0.25, 0.3) is 0 Å². The lowest BCUT2D eigenvalue weighted by Gasteiger charge is -2.13. The second-order valence-electron chi connectivity index (χ2n) is 12.6. The Morgan fingerprint density at radius 3 is 1.86 bits per heavy atom. The third-order valence-electron chi connectivity index (χ3n) is 9.91. The lowest BCUT2D eigenvalue weighted by molar-refractivity contribution is 0.653. The van der Waals surface area contributed by atoms with Gasteiger partial charge in [-0.05, 0) is 65.4 Å². The van der Waals surface area contributed by atoms with Crippen LogP contribution in [0.1, 0.15) is 0 Å². The van der Waals surface area contributed by atoms with E-state index in [0.717, 1.165) is 61.3 Å². The van der Waals surface area contributed by atoms with Crippen molar-refractivity contribution in [1.29, 1.82) is 0 Å². The zero-order chi connectivity index (χ0) is 32.1. The van der Waals surface area contributed by atoms with Crippen molar-refractivity contribution in [2.24, 2.45) is 0 Å². The number of hydrogen-bond acceptors (Lipinski definition) is 3. The Morgan fingerprint density at radius 1 is 0.429 bits per heavy atom. The van der Waals surface area contributed by atoms with Gasteiger partial charge in [0.2, 0.25) is 5.71 Å². The summed E-state index contributed by atoms with van der Waals surface area (Å²) in [4.78, 5) is 10.8. The highest BCUT2D eigenvalue weighted by Gasteiger charge is 2.23. The van der Waals surface area contributed by atoms with Crippen LogP contribution in [0.3, 0.4) is 0 Å². The second kappa shape index (κ2) is 9.89. The smallest absolute Gasteiger partial charge is 0.247 e. The van der Waals surface area contributed by atoms with Crippen LogP contribution in [-0.4, -0.2) is 19.1 Å². The van der Waals surface area contributed by atoms with Crippen molar-refractivity contribution < 1.29 is 4.42 Å². The van der Waals surface area contributed by atoms with Gasteiger partial charge in [0, 0.05) is 38.2 Å². The number of benzene rings is 7. The summed E-state index contributed by atoms with van der Waals surface area (Å²) in [6, 6.07) is 55.6. The summed E-state index contributed by atoms with van der Waals surface area (Å²) in [6.45, 7) is 0. The normalized spacial score (nSPS) is 12.1. The number of rotatable bonds is 3. The molecule has 0 saturated heterocycles. The molecule has 0 saturated carbocycles. The Hall–Kier alpha value is -6.72. The summed E-state index contributed by atoms with van der Waals surface area (Å²) in [5, 5.41) is 8.08. The summed E-state index contributed by atoms with van der Waals surface area (Å²) in [5.41, 5.74) is 9.31. The molecule has 0 N–H and O–H groups in total. The minimum absolute atomic E-state index is 0.523. The molecule has 11 aromatic rings. The summed E-state index contributed by atoms with van der Waals surface area (Å²) in [7, 11) is 0. The molecule has 0 radical (unpaired) electrons. The Morgan fingerprint density at radius 2 is 1.04 bits per heavy atom. The molecule has 0 atom stereocenters. The van der Waals surface area contributed by atoms with E-state index in [1.54, 1.807) is 0 Å². The van der Waals surface area contributed by atoms with Crippen LogP contribution >= 0.6 is 0 Å². The average molecular weight is 627 g/mol. The zero-order valence-corrected chi connectivity index (χ0v) is 26.2. The molecular weight excluding hydrogens is 601 g/mol. The largest absolute Gasteiger partial charge is 0.436 e. The molecule has 0 aliphatic rings. The Kier molecular flexibility index (Phi) is 5.32. The van der Waals surface area contributed by atoms with Gasteiger partial charge in [0.05, 0.1) is 22.1 Å². The molecule has 0 aliphatic heterocycles. The Labute approximate surface area is 279 Å². The highest BCUT2D eigenvalue weighted by Crippen LogP contribution is 2.40. The molecule has 0 fully saturated rings. The molecular formula is C44H26N4O. The predicted molar refractivity (Wildman–Crippen MR) is 201 cm³/mol. The van der Waals surface area contributed by atoms with E-state index in [9.17, 15) is 0 Å². The average Bonchev–Trinajstić information content (AvgIpc) is 3.80. The minimum atomic E-state index is 0.523. The molecule has 11 rings (SSSR count). The first-order chi connectivity index (χ1) is 24.3. The molecule has 228 valence electrons. The number of furan rings is 1. The van der Waals surface area contributed by atoms with Gasteiger partial charge in [-0.3, -0.25) is 4.57 Å². The van der Waals surface area contributed by atoms with Crippen LogP contribution in [0.5, 0.6) is 0 Å². The molecule has 0 unspecified atom stereocenters. The number of nitrogens with zero attached hydrogens (tertiary/aromatic N) is 4. The van der Waals surface area contributed by atoms with E-state index in [4.69, 9.17) is 14.4 Å². The van der Waals surface area contributed by atoms with Gasteiger partial charge in [-0.2, -0.15) is 0 Å². The number of fused-ring (bicyclic) bond motifs is 10. The van der Waals surface area contributed by atoms with Crippen LogP contribution in [0.25, 0.3) is 99.3 Å². The number of hydrogen-bond donors (Lipinski definition) is 0. The molecule has 0 amide bonds. The maximum absolute atomic E-state index is 6.36. The standard InChI is InChI=1S/C44H26N4O/c1-2-14-30(15-3-1)47-36-19-9-6-16-31(36)33-23-22-29(26-38(33)47)41-43(45-42-34-18-8-11-21-40(34)49-44(42)46-41)48-37-20-10-7-17-32(37)35-24-27-12-4-5-13-28(27)25-39(35)48/h1-26H. The SMILES string of the molecule is c1ccc(-n2c3ccccc3c3ccc(-c4nc5oc6ccccc6c5nc4-n4c5ccccc5c5cc6ccccc6cc54)cc32)cc1. The monoisotopic (exact) mass is 626 g/mol. The van der Waals surface area contributed by atoms with E-state index in [0.29, 0.717) is 5.71 Å². The summed E-state index contributed by atoms with van der Waals surface area (Å²) >= 11 is 0. The first-order valence-electron chi connectivity index (χ1n) is 16.5. The summed E-state index contributed by atoms with van der Waals surface area (Å²) in [6.07, 6.45) is 0. The quantitative estimate of drug-likeness (QED) is 0.196. The van der Waals surface area contributed by atoms with E-state index in [1.165, 1.54) is 32.3 Å². The molecule has 0 bridgehead atoms. The fourth-order valence-electron chi connectivity index (χ4n) is 7.72. The van der Waals surface area contributed by atoms with Crippen molar-refractivity contribution in [2.45, 2.75) is 0 Å². The molecule has 7 aromatic carbocycles. The van der Waals surface area contributed by atoms with Crippen LogP contribution in [0.4, 0.5) is 0 Å². The molecule has 4 heterocycles. The lowest BCUT2D eigenvalue weighted by atomic mass is 10.1. The van der Waals surface area contributed by atoms with E-state index < -0.39 is 0 Å². The summed E-state index contributed by atoms with van der Waals surface area (Å²) < 4.78 is 11.0. The lowest BCUT2D eigenvalue weighted by Crippen LogP contribution is -2.03. The third-order valence-corrected chi connectivity index (χ3v) is 9.91. The van der Waals surface area contributed by atoms with Crippen molar-refractivity contribution in [3.05, 3.63) is 158 Å². The van der Waals surface area contributed by atoms with Crippen LogP contribution in [0.15, 0.2) is 162 Å². The molecule has 4 aromatic heterocycles. The van der Waals surface area contributed by atoms with E-state index >= 15 is 0 Å². The van der Waals surface area contributed by atoms with Gasteiger partial charge in [-0.25, -0.2) is 9.97 Å². The van der Waals surface area contributed by atoms with Crippen molar-refractivity contribution in [2.75, 3.05) is 0 Å². The number of aromatic nitrogens is 4. The van der Waals surface area contributed by atoms with Crippen LogP contribution in [0.2, 0.25) is 0 Å². The molecule has 5 nitrogen and oxygen atoms in total. The summed E-state index contributed by atoms with van der Waals surface area (Å²) in [5.74, 6) is 0.766. The zero-order valence-electron chi connectivity index (χ0n) is 26.2. The highest BCUT2D eigenvalue weighted by molar-refractivity contribution is 6.15. The van der Waals surface area contributed by atoms with Gasteiger partial charge in [0.1, 0.15) is 16.8 Å². The third kappa shape index (κ3) is 3.75. The Bertz CT molecular complexity index is 3110. The van der Waals surface area contributed by atoms with Crippen molar-refractivity contribution in [3.8, 4) is 22.8 Å². The topological polar surface area (TPSA) is 48.8 Å². The number of para-hydroxylation sites is 4. The van der Waals surface area contributed by atoms with Gasteiger partial charge in [-0.15, -0.1) is 0 Å². The maximum atomic E-state index is 6.36. The molecule has 49 heavy (non-hydrogen) atoms. The van der Waals surface area contributed by atoms with Crippen molar-refractivity contribution in [1.82, 2.24) is 19.1 Å². The molecule has 0 aliphatic carbocycles. The second-order valence-corrected chi connectivity index (χ2v) is 12.6. The van der Waals surface area contributed by atoms with Crippen molar-refractivity contribution in [3.63, 3.8) is 0 Å². The predicted octanol–water partition coefficient (Wildman–Crippen LogP) is 11.4. The fraction of sp³-hybridized carbons (Fsp3) is 0. The van der Waals surface area contributed by atoms with E-state index in [-0.39, 0.29) is 0 Å². The van der Waals surface area contributed by atoms with Crippen LogP contribution < -0.4 is 0 Å². The van der Waals surface area contributed by atoms with Gasteiger partial charge < -0.3 is 8.98 Å². The van der Waals surface area contributed by atoms with Crippen LogP contribution in [0, 0.1) is 0 Å². The van der Waals surface area contributed by atoms with E-state index in [2.05, 4.69) is 149 Å². The van der Waals surface area contributed by atoms with Gasteiger partial charge in [0.15, 0.2) is 5.82 Å². The van der Waals surface area contributed by atoms with Crippen molar-refractivity contribution >= 4 is 76.6 Å². The van der Waals surface area contributed by atoms with Gasteiger partial charge in [-0.1, -0.05) is 103 Å². The first-order valence-corrected chi connectivity index (χ1v) is 16.5. The molecule has 5 heteroatoms. The highest BCUT2D eigenvalue weighted by atomic mass is 16.3. The molecule has 0 spiro atoms. The van der Waals surface area contributed by atoms with Crippen LogP contribution in [-0.2, 0) is 0 Å². The fourth-order valence-corrected chi connectivity index (χ4v) is 7.72. The minimum Gasteiger partial charge on any atom is -0.436 e. The Balaban J connectivity index is 1.28. The van der Waals surface area contributed by atoms with E-state index in [1.807, 2.05) is 18.2 Å².